The summed E-state index contributed by atoms with van der Waals surface area (Å²) < 4.78 is 11.6. The van der Waals surface area contributed by atoms with Gasteiger partial charge in [-0.2, -0.15) is 0 Å². The Morgan fingerprint density at radius 1 is 0.949 bits per heavy atom. The molecule has 1 aliphatic heterocycles. The zero-order chi connectivity index (χ0) is 28.3. The minimum atomic E-state index is -0.789. The highest BCUT2D eigenvalue weighted by molar-refractivity contribution is 6.51. The van der Waals surface area contributed by atoms with E-state index in [1.807, 2.05) is 64.1 Å². The van der Waals surface area contributed by atoms with Gasteiger partial charge in [0.05, 0.1) is 24.8 Å². The van der Waals surface area contributed by atoms with Crippen molar-refractivity contribution in [2.45, 2.75) is 53.5 Å². The Balaban J connectivity index is 1.86. The van der Waals surface area contributed by atoms with E-state index in [9.17, 15) is 14.7 Å². The van der Waals surface area contributed by atoms with Gasteiger partial charge in [0, 0.05) is 11.3 Å². The third-order valence-electron chi connectivity index (χ3n) is 6.83. The van der Waals surface area contributed by atoms with Crippen LogP contribution in [0.5, 0.6) is 11.5 Å². The molecule has 39 heavy (non-hydrogen) atoms. The second-order valence-electron chi connectivity index (χ2n) is 10.6. The molecule has 4 rings (SSSR count). The van der Waals surface area contributed by atoms with E-state index in [1.165, 1.54) is 4.90 Å². The summed E-state index contributed by atoms with van der Waals surface area (Å²) in [5.74, 6) is 0.321. The molecule has 1 saturated heterocycles. The van der Waals surface area contributed by atoms with Crippen molar-refractivity contribution >= 4 is 23.1 Å². The fourth-order valence-corrected chi connectivity index (χ4v) is 4.84. The average Bonchev–Trinajstić information content (AvgIpc) is 3.17. The van der Waals surface area contributed by atoms with Crippen molar-refractivity contribution in [2.24, 2.45) is 5.92 Å². The maximum atomic E-state index is 13.6. The van der Waals surface area contributed by atoms with E-state index in [0.29, 0.717) is 36.1 Å². The minimum Gasteiger partial charge on any atom is -0.507 e. The summed E-state index contributed by atoms with van der Waals surface area (Å²) in [6, 6.07) is 19.4. The van der Waals surface area contributed by atoms with E-state index in [1.54, 1.807) is 30.3 Å². The topological polar surface area (TPSA) is 76.1 Å². The number of anilines is 1. The van der Waals surface area contributed by atoms with Crippen molar-refractivity contribution in [3.8, 4) is 11.5 Å². The molecule has 3 aromatic carbocycles. The van der Waals surface area contributed by atoms with Gasteiger partial charge in [0.2, 0.25) is 0 Å². The van der Waals surface area contributed by atoms with Gasteiger partial charge >= 0.3 is 0 Å². The molecule has 1 heterocycles. The molecular weight excluding hydrogens is 490 g/mol. The van der Waals surface area contributed by atoms with Gasteiger partial charge in [-0.3, -0.25) is 14.5 Å². The molecule has 0 spiro atoms. The average molecular weight is 528 g/mol. The monoisotopic (exact) mass is 527 g/mol. The lowest BCUT2D eigenvalue weighted by Gasteiger charge is -2.27. The van der Waals surface area contributed by atoms with Crippen molar-refractivity contribution in [1.82, 2.24) is 0 Å². The number of Topliss-reactive ketones (excluding diaryl/α,β-unsaturated/α-hetero) is 1. The summed E-state index contributed by atoms with van der Waals surface area (Å²) in [4.78, 5) is 28.6. The Morgan fingerprint density at radius 3 is 2.26 bits per heavy atom. The second-order valence-corrected chi connectivity index (χ2v) is 10.6. The maximum Gasteiger partial charge on any atom is 0.300 e. The molecule has 0 saturated carbocycles. The highest BCUT2D eigenvalue weighted by Crippen LogP contribution is 2.44. The Kier molecular flexibility index (Phi) is 8.44. The number of aryl methyl sites for hydroxylation is 1. The molecular formula is C33H37NO5. The van der Waals surface area contributed by atoms with Crippen molar-refractivity contribution in [1.29, 1.82) is 0 Å². The standard InChI is InChI=1S/C33H37NO5/c1-7-38-28-17-12-23(18-27(28)21(4)5)31(35)29-30(26-11-9-8-10-22(26)6)34(33(37)32(29)36)24-13-15-25(16-14-24)39-19-20(2)3/h8-18,20-21,30,35H,7,19H2,1-6H3/b31-29+. The molecule has 0 radical (unpaired) electrons. The number of carbonyl (C=O) groups excluding carboxylic acids is 2. The third kappa shape index (κ3) is 5.70. The number of benzene rings is 3. The number of hydrogen-bond donors (Lipinski definition) is 1. The van der Waals surface area contributed by atoms with Crippen LogP contribution in [0.2, 0.25) is 0 Å². The summed E-state index contributed by atoms with van der Waals surface area (Å²) in [5.41, 5.74) is 3.68. The van der Waals surface area contributed by atoms with Crippen LogP contribution < -0.4 is 14.4 Å². The highest BCUT2D eigenvalue weighted by atomic mass is 16.5. The number of nitrogens with zero attached hydrogens (tertiary/aromatic N) is 1. The van der Waals surface area contributed by atoms with Crippen LogP contribution in [0.25, 0.3) is 5.76 Å². The van der Waals surface area contributed by atoms with Gasteiger partial charge in [0.25, 0.3) is 11.7 Å². The predicted molar refractivity (Wildman–Crippen MR) is 154 cm³/mol. The number of aliphatic hydroxyl groups excluding tert-OH is 1. The first kappa shape index (κ1) is 28.0. The minimum absolute atomic E-state index is 0.0632. The predicted octanol–water partition coefficient (Wildman–Crippen LogP) is 7.18. The number of aliphatic hydroxyl groups is 1. The zero-order valence-electron chi connectivity index (χ0n) is 23.5. The lowest BCUT2D eigenvalue weighted by atomic mass is 9.91. The summed E-state index contributed by atoms with van der Waals surface area (Å²) in [6.07, 6.45) is 0. The van der Waals surface area contributed by atoms with Crippen LogP contribution in [0.1, 0.15) is 68.8 Å². The van der Waals surface area contributed by atoms with Crippen molar-refractivity contribution in [3.05, 3.63) is 94.6 Å². The quantitative estimate of drug-likeness (QED) is 0.181. The summed E-state index contributed by atoms with van der Waals surface area (Å²) in [7, 11) is 0. The lowest BCUT2D eigenvalue weighted by Crippen LogP contribution is -2.29. The first-order chi connectivity index (χ1) is 18.6. The lowest BCUT2D eigenvalue weighted by molar-refractivity contribution is -0.132. The van der Waals surface area contributed by atoms with Crippen molar-refractivity contribution in [3.63, 3.8) is 0 Å². The Hall–Kier alpha value is -4.06. The van der Waals surface area contributed by atoms with Crippen LogP contribution in [-0.4, -0.2) is 30.0 Å². The molecule has 6 heteroatoms. The van der Waals surface area contributed by atoms with Gasteiger partial charge in [0.15, 0.2) is 0 Å². The molecule has 0 bridgehead atoms. The van der Waals surface area contributed by atoms with Crippen LogP contribution in [-0.2, 0) is 9.59 Å². The molecule has 1 amide bonds. The number of amides is 1. The number of rotatable bonds is 9. The van der Waals surface area contributed by atoms with Crippen molar-refractivity contribution < 1.29 is 24.2 Å². The molecule has 1 aliphatic rings. The van der Waals surface area contributed by atoms with E-state index >= 15 is 0 Å². The Labute approximate surface area is 230 Å². The van der Waals surface area contributed by atoms with Gasteiger partial charge < -0.3 is 14.6 Å². The fraction of sp³-hybridized carbons (Fsp3) is 0.333. The van der Waals surface area contributed by atoms with Crippen LogP contribution in [0.15, 0.2) is 72.3 Å². The normalized spacial score (nSPS) is 16.8. The summed E-state index contributed by atoms with van der Waals surface area (Å²) in [5, 5.41) is 11.6. The van der Waals surface area contributed by atoms with Gasteiger partial charge in [-0.1, -0.05) is 52.0 Å². The van der Waals surface area contributed by atoms with E-state index in [2.05, 4.69) is 13.8 Å². The molecule has 204 valence electrons. The van der Waals surface area contributed by atoms with Crippen molar-refractivity contribution in [2.75, 3.05) is 18.1 Å². The summed E-state index contributed by atoms with van der Waals surface area (Å²) >= 11 is 0. The molecule has 1 atom stereocenters. The highest BCUT2D eigenvalue weighted by Gasteiger charge is 2.47. The SMILES string of the molecule is CCOc1ccc(/C(O)=C2\C(=O)C(=O)N(c3ccc(OCC(C)C)cc3)C2c2ccccc2C)cc1C(C)C. The molecule has 3 aromatic rings. The molecule has 1 unspecified atom stereocenters. The Bertz CT molecular complexity index is 1390. The van der Waals surface area contributed by atoms with Crippen LogP contribution in [0.3, 0.4) is 0 Å². The first-order valence-electron chi connectivity index (χ1n) is 13.5. The van der Waals surface area contributed by atoms with Crippen LogP contribution in [0, 0.1) is 12.8 Å². The number of carbonyl (C=O) groups is 2. The molecule has 1 N–H and O–H groups in total. The smallest absolute Gasteiger partial charge is 0.300 e. The second kappa shape index (κ2) is 11.8. The van der Waals surface area contributed by atoms with Gasteiger partial charge in [-0.05, 0) is 84.8 Å². The number of hydrogen-bond acceptors (Lipinski definition) is 5. The van der Waals surface area contributed by atoms with Crippen LogP contribution in [0.4, 0.5) is 5.69 Å². The number of ether oxygens (including phenoxy) is 2. The molecule has 1 fully saturated rings. The van der Waals surface area contributed by atoms with E-state index < -0.39 is 17.7 Å². The van der Waals surface area contributed by atoms with Gasteiger partial charge in [-0.25, -0.2) is 0 Å². The largest absolute Gasteiger partial charge is 0.507 e. The summed E-state index contributed by atoms with van der Waals surface area (Å²) in [6.45, 7) is 13.2. The van der Waals surface area contributed by atoms with E-state index in [0.717, 1.165) is 22.4 Å². The fourth-order valence-electron chi connectivity index (χ4n) is 4.84. The van der Waals surface area contributed by atoms with E-state index in [4.69, 9.17) is 9.47 Å². The van der Waals surface area contributed by atoms with Crippen LogP contribution >= 0.6 is 0 Å². The number of ketones is 1. The van der Waals surface area contributed by atoms with Gasteiger partial charge in [0.1, 0.15) is 17.3 Å². The zero-order valence-corrected chi connectivity index (χ0v) is 23.5. The van der Waals surface area contributed by atoms with Gasteiger partial charge in [-0.15, -0.1) is 0 Å². The first-order valence-corrected chi connectivity index (χ1v) is 13.5. The molecule has 0 aliphatic carbocycles. The molecule has 0 aromatic heterocycles. The molecule has 6 nitrogen and oxygen atoms in total. The third-order valence-corrected chi connectivity index (χ3v) is 6.83. The maximum absolute atomic E-state index is 13.6. The van der Waals surface area contributed by atoms with E-state index in [-0.39, 0.29) is 17.3 Å². The Morgan fingerprint density at radius 2 is 1.64 bits per heavy atom.